The largest absolute Gasteiger partial charge is 0.511 e. The minimum atomic E-state index is -0.315. The number of thioether (sulfide) groups is 1. The van der Waals surface area contributed by atoms with Crippen LogP contribution in [0.3, 0.4) is 0 Å². The molecule has 1 heterocycles. The second-order valence-electron chi connectivity index (χ2n) is 3.32. The number of aliphatic hydroxyl groups excluding tert-OH is 1. The van der Waals surface area contributed by atoms with Gasteiger partial charge in [0.2, 0.25) is 0 Å². The molecule has 0 fully saturated rings. The van der Waals surface area contributed by atoms with Crippen LogP contribution >= 0.6 is 11.8 Å². The SMILES string of the molecule is CC(=N)/C(C(C)=O)=C(/O)CSc1ncccn1. The monoisotopic (exact) mass is 251 g/mol. The van der Waals surface area contributed by atoms with Gasteiger partial charge in [-0.2, -0.15) is 0 Å². The molecule has 90 valence electrons. The Kier molecular flexibility index (Phi) is 4.84. The first-order valence-electron chi connectivity index (χ1n) is 4.90. The van der Waals surface area contributed by atoms with Gasteiger partial charge in [-0.1, -0.05) is 11.8 Å². The van der Waals surface area contributed by atoms with Crippen LogP contribution < -0.4 is 0 Å². The molecule has 0 aliphatic rings. The highest BCUT2D eigenvalue weighted by atomic mass is 32.2. The van der Waals surface area contributed by atoms with Crippen molar-refractivity contribution >= 4 is 23.3 Å². The minimum absolute atomic E-state index is 0.0598. The number of aliphatic hydroxyl groups is 1. The predicted octanol–water partition coefficient (Wildman–Crippen LogP) is 2.01. The van der Waals surface area contributed by atoms with Gasteiger partial charge >= 0.3 is 0 Å². The Morgan fingerprint density at radius 2 is 2.00 bits per heavy atom. The number of carbonyl (C=O) groups excluding carboxylic acids is 1. The van der Waals surface area contributed by atoms with Gasteiger partial charge in [-0.3, -0.25) is 4.79 Å². The number of nitrogens with zero attached hydrogens (tertiary/aromatic N) is 2. The van der Waals surface area contributed by atoms with E-state index >= 15 is 0 Å². The quantitative estimate of drug-likeness (QED) is 0.275. The summed E-state index contributed by atoms with van der Waals surface area (Å²) in [5.74, 6) is -0.248. The summed E-state index contributed by atoms with van der Waals surface area (Å²) in [6.07, 6.45) is 3.20. The van der Waals surface area contributed by atoms with E-state index in [1.54, 1.807) is 18.5 Å². The highest BCUT2D eigenvalue weighted by Gasteiger charge is 2.13. The Morgan fingerprint density at radius 3 is 2.47 bits per heavy atom. The van der Waals surface area contributed by atoms with E-state index in [0.29, 0.717) is 5.16 Å². The zero-order valence-corrected chi connectivity index (χ0v) is 10.4. The van der Waals surface area contributed by atoms with Gasteiger partial charge in [0, 0.05) is 18.1 Å². The lowest BCUT2D eigenvalue weighted by Crippen LogP contribution is -2.10. The minimum Gasteiger partial charge on any atom is -0.511 e. The lowest BCUT2D eigenvalue weighted by molar-refractivity contribution is -0.113. The van der Waals surface area contributed by atoms with Crippen LogP contribution in [-0.2, 0) is 4.79 Å². The molecule has 0 saturated heterocycles. The van der Waals surface area contributed by atoms with Gasteiger partial charge in [-0.05, 0) is 19.9 Å². The molecule has 17 heavy (non-hydrogen) atoms. The maximum Gasteiger partial charge on any atom is 0.187 e. The molecule has 0 aromatic carbocycles. The third-order valence-corrected chi connectivity index (χ3v) is 2.78. The fourth-order valence-corrected chi connectivity index (χ4v) is 1.93. The molecule has 0 amide bonds. The van der Waals surface area contributed by atoms with Crippen LogP contribution in [0.25, 0.3) is 0 Å². The highest BCUT2D eigenvalue weighted by Crippen LogP contribution is 2.17. The maximum absolute atomic E-state index is 11.2. The molecule has 1 rings (SSSR count). The maximum atomic E-state index is 11.2. The topological polar surface area (TPSA) is 86.9 Å². The number of ketones is 1. The summed E-state index contributed by atoms with van der Waals surface area (Å²) in [6.45, 7) is 2.80. The van der Waals surface area contributed by atoms with Crippen molar-refractivity contribution in [2.24, 2.45) is 0 Å². The van der Waals surface area contributed by atoms with E-state index in [0.717, 1.165) is 0 Å². The van der Waals surface area contributed by atoms with Crippen LogP contribution in [0.5, 0.6) is 0 Å². The molecule has 5 nitrogen and oxygen atoms in total. The Balaban J connectivity index is 2.77. The van der Waals surface area contributed by atoms with Gasteiger partial charge in [0.25, 0.3) is 0 Å². The normalized spacial score (nSPS) is 11.9. The Bertz CT molecular complexity index is 441. The van der Waals surface area contributed by atoms with Gasteiger partial charge in [0.1, 0.15) is 5.76 Å². The Labute approximate surface area is 103 Å². The summed E-state index contributed by atoms with van der Waals surface area (Å²) in [7, 11) is 0. The molecule has 0 spiro atoms. The molecule has 1 aromatic rings. The summed E-state index contributed by atoms with van der Waals surface area (Å²) in [5, 5.41) is 17.7. The van der Waals surface area contributed by atoms with E-state index in [1.807, 2.05) is 0 Å². The number of Topliss-reactive ketones (excluding diaryl/α,β-unsaturated/α-hetero) is 1. The first-order valence-corrected chi connectivity index (χ1v) is 5.89. The third-order valence-electron chi connectivity index (χ3n) is 1.90. The Hall–Kier alpha value is -1.69. The number of carbonyl (C=O) groups is 1. The van der Waals surface area contributed by atoms with Gasteiger partial charge < -0.3 is 10.5 Å². The predicted molar refractivity (Wildman–Crippen MR) is 66.5 cm³/mol. The van der Waals surface area contributed by atoms with E-state index in [-0.39, 0.29) is 28.6 Å². The first-order chi connectivity index (χ1) is 8.02. The van der Waals surface area contributed by atoms with Crippen molar-refractivity contribution in [3.05, 3.63) is 29.8 Å². The zero-order chi connectivity index (χ0) is 12.8. The van der Waals surface area contributed by atoms with Crippen LogP contribution in [0.1, 0.15) is 13.8 Å². The molecule has 0 unspecified atom stereocenters. The number of hydrogen-bond acceptors (Lipinski definition) is 6. The second-order valence-corrected chi connectivity index (χ2v) is 4.27. The number of rotatable bonds is 5. The van der Waals surface area contributed by atoms with Crippen molar-refractivity contribution in [1.29, 1.82) is 5.41 Å². The van der Waals surface area contributed by atoms with Crippen LogP contribution in [-0.4, -0.2) is 32.3 Å². The van der Waals surface area contributed by atoms with Crippen LogP contribution in [0.4, 0.5) is 0 Å². The summed E-state index contributed by atoms with van der Waals surface area (Å²) in [6, 6.07) is 1.70. The lowest BCUT2D eigenvalue weighted by atomic mass is 10.1. The standard InChI is InChI=1S/C11H13N3O2S/c1-7(12)10(8(2)15)9(16)6-17-11-13-4-3-5-14-11/h3-5,12,16H,6H2,1-2H3/b10-9-,12-7?. The molecule has 0 bridgehead atoms. The van der Waals surface area contributed by atoms with Crippen LogP contribution in [0, 0.1) is 5.41 Å². The van der Waals surface area contributed by atoms with Crippen molar-refractivity contribution in [1.82, 2.24) is 9.97 Å². The molecular formula is C11H13N3O2S. The highest BCUT2D eigenvalue weighted by molar-refractivity contribution is 7.99. The van der Waals surface area contributed by atoms with Gasteiger partial charge in [0.15, 0.2) is 10.9 Å². The summed E-state index contributed by atoms with van der Waals surface area (Å²) in [5.41, 5.74) is 0.123. The molecule has 0 aliphatic heterocycles. The number of hydrogen-bond donors (Lipinski definition) is 2. The van der Waals surface area contributed by atoms with Crippen molar-refractivity contribution in [3.63, 3.8) is 0 Å². The van der Waals surface area contributed by atoms with Crippen molar-refractivity contribution < 1.29 is 9.90 Å². The number of allylic oxidation sites excluding steroid dienone is 1. The average Bonchev–Trinajstić information content (AvgIpc) is 2.27. The third kappa shape index (κ3) is 3.99. The van der Waals surface area contributed by atoms with Crippen molar-refractivity contribution in [2.75, 3.05) is 5.75 Å². The molecule has 0 atom stereocenters. The zero-order valence-electron chi connectivity index (χ0n) is 9.60. The Morgan fingerprint density at radius 1 is 1.41 bits per heavy atom. The fraction of sp³-hybridized carbons (Fsp3) is 0.273. The van der Waals surface area contributed by atoms with E-state index in [1.165, 1.54) is 25.6 Å². The number of nitrogens with one attached hydrogen (secondary N) is 1. The first kappa shape index (κ1) is 13.4. The average molecular weight is 251 g/mol. The number of aromatic nitrogens is 2. The van der Waals surface area contributed by atoms with Crippen LogP contribution in [0.2, 0.25) is 0 Å². The van der Waals surface area contributed by atoms with Gasteiger partial charge in [-0.15, -0.1) is 0 Å². The van der Waals surface area contributed by atoms with Crippen LogP contribution in [0.15, 0.2) is 34.9 Å². The van der Waals surface area contributed by atoms with Crippen molar-refractivity contribution in [2.45, 2.75) is 19.0 Å². The summed E-state index contributed by atoms with van der Waals surface area (Å²) >= 11 is 1.21. The molecule has 1 aromatic heterocycles. The molecular weight excluding hydrogens is 238 g/mol. The summed E-state index contributed by atoms with van der Waals surface area (Å²) in [4.78, 5) is 19.2. The van der Waals surface area contributed by atoms with E-state index in [4.69, 9.17) is 5.41 Å². The smallest absolute Gasteiger partial charge is 0.187 e. The molecule has 0 saturated carbocycles. The second kappa shape index (κ2) is 6.15. The van der Waals surface area contributed by atoms with Crippen molar-refractivity contribution in [3.8, 4) is 0 Å². The molecule has 0 aliphatic carbocycles. The molecule has 0 radical (unpaired) electrons. The lowest BCUT2D eigenvalue weighted by Gasteiger charge is -2.05. The van der Waals surface area contributed by atoms with E-state index in [2.05, 4.69) is 9.97 Å². The van der Waals surface area contributed by atoms with E-state index < -0.39 is 0 Å². The molecule has 6 heteroatoms. The summed E-state index contributed by atoms with van der Waals surface area (Å²) < 4.78 is 0. The van der Waals surface area contributed by atoms with E-state index in [9.17, 15) is 9.90 Å². The van der Waals surface area contributed by atoms with Gasteiger partial charge in [-0.25, -0.2) is 9.97 Å². The molecule has 2 N–H and O–H groups in total. The fourth-order valence-electron chi connectivity index (χ4n) is 1.25. The van der Waals surface area contributed by atoms with Gasteiger partial charge in [0.05, 0.1) is 11.3 Å².